The molecule has 0 aliphatic heterocycles. The van der Waals surface area contributed by atoms with E-state index in [4.69, 9.17) is 9.79 Å². The number of aromatic nitrogens is 2. The molecule has 1 aromatic carbocycles. The lowest BCUT2D eigenvalue weighted by Crippen LogP contribution is -2.27. The third-order valence-electron chi connectivity index (χ3n) is 3.90. The quantitative estimate of drug-likeness (QED) is 0.441. The SMILES string of the molecule is C[C@@H](NC(=O)c1ccc2sc(C(F)(F)P(=O)(O)O)c(Br)c2c1)c1ncc(F)cn1. The number of hydrogen-bond donors (Lipinski definition) is 3. The van der Waals surface area contributed by atoms with Gasteiger partial charge in [0.2, 0.25) is 0 Å². The molecule has 0 spiro atoms. The Labute approximate surface area is 174 Å². The summed E-state index contributed by atoms with van der Waals surface area (Å²) in [6.45, 7) is 1.59. The fourth-order valence-corrected chi connectivity index (χ4v) is 5.35. The van der Waals surface area contributed by atoms with Crippen molar-refractivity contribution in [2.45, 2.75) is 18.6 Å². The number of alkyl halides is 2. The third kappa shape index (κ3) is 4.22. The monoisotopic (exact) mass is 509 g/mol. The Bertz CT molecular complexity index is 1140. The summed E-state index contributed by atoms with van der Waals surface area (Å²) >= 11 is 3.47. The Morgan fingerprint density at radius 3 is 2.52 bits per heavy atom. The van der Waals surface area contributed by atoms with Crippen LogP contribution < -0.4 is 5.32 Å². The minimum atomic E-state index is -5.73. The molecule has 3 rings (SSSR count). The van der Waals surface area contributed by atoms with Gasteiger partial charge in [0.15, 0.2) is 5.82 Å². The van der Waals surface area contributed by atoms with Gasteiger partial charge in [-0.05, 0) is 41.1 Å². The fourth-order valence-electron chi connectivity index (χ4n) is 2.42. The Morgan fingerprint density at radius 2 is 1.93 bits per heavy atom. The smallest absolute Gasteiger partial charge is 0.342 e. The van der Waals surface area contributed by atoms with Gasteiger partial charge in [-0.15, -0.1) is 11.3 Å². The zero-order chi connectivity index (χ0) is 21.6. The van der Waals surface area contributed by atoms with Crippen LogP contribution in [0.5, 0.6) is 0 Å². The van der Waals surface area contributed by atoms with Crippen molar-refractivity contribution >= 4 is 50.9 Å². The van der Waals surface area contributed by atoms with Crippen molar-refractivity contribution in [2.24, 2.45) is 0 Å². The van der Waals surface area contributed by atoms with Gasteiger partial charge in [-0.25, -0.2) is 14.4 Å². The first kappa shape index (κ1) is 21.8. The molecule has 2 aromatic heterocycles. The van der Waals surface area contributed by atoms with Crippen molar-refractivity contribution in [3.63, 3.8) is 0 Å². The number of benzene rings is 1. The van der Waals surface area contributed by atoms with Crippen molar-refractivity contribution in [1.82, 2.24) is 15.3 Å². The highest BCUT2D eigenvalue weighted by Crippen LogP contribution is 2.62. The highest BCUT2D eigenvalue weighted by Gasteiger charge is 2.53. The summed E-state index contributed by atoms with van der Waals surface area (Å²) in [4.78, 5) is 37.1. The van der Waals surface area contributed by atoms with Crippen LogP contribution in [0, 0.1) is 5.82 Å². The zero-order valence-corrected chi connectivity index (χ0v) is 17.7. The number of amides is 1. The fraction of sp³-hybridized carbons (Fsp3) is 0.188. The van der Waals surface area contributed by atoms with Crippen LogP contribution in [0.15, 0.2) is 35.1 Å². The zero-order valence-electron chi connectivity index (χ0n) is 14.4. The summed E-state index contributed by atoms with van der Waals surface area (Å²) < 4.78 is 52.4. The third-order valence-corrected chi connectivity index (χ3v) is 7.34. The minimum Gasteiger partial charge on any atom is -0.342 e. The van der Waals surface area contributed by atoms with Crippen LogP contribution in [0.3, 0.4) is 0 Å². The topological polar surface area (TPSA) is 112 Å². The predicted octanol–water partition coefficient (Wildman–Crippen LogP) is 4.31. The lowest BCUT2D eigenvalue weighted by atomic mass is 10.1. The van der Waals surface area contributed by atoms with E-state index >= 15 is 0 Å². The van der Waals surface area contributed by atoms with Gasteiger partial charge in [-0.2, -0.15) is 8.78 Å². The summed E-state index contributed by atoms with van der Waals surface area (Å²) in [6, 6.07) is 3.46. The molecule has 0 bridgehead atoms. The Balaban J connectivity index is 1.91. The number of halogens is 4. The molecular formula is C16H12BrF3N3O4PS. The van der Waals surface area contributed by atoms with Crippen molar-refractivity contribution in [3.05, 3.63) is 57.1 Å². The molecular weight excluding hydrogens is 498 g/mol. The van der Waals surface area contributed by atoms with Crippen molar-refractivity contribution in [2.75, 3.05) is 0 Å². The predicted molar refractivity (Wildman–Crippen MR) is 103 cm³/mol. The van der Waals surface area contributed by atoms with Crippen LogP contribution >= 0.6 is 34.9 Å². The van der Waals surface area contributed by atoms with Crippen LogP contribution in [0.25, 0.3) is 10.1 Å². The average molecular weight is 510 g/mol. The van der Waals surface area contributed by atoms with E-state index in [0.29, 0.717) is 16.0 Å². The van der Waals surface area contributed by atoms with Gasteiger partial charge in [-0.3, -0.25) is 9.36 Å². The number of thiophene rings is 1. The molecule has 0 unspecified atom stereocenters. The maximum absolute atomic E-state index is 14.1. The van der Waals surface area contributed by atoms with Crippen LogP contribution in [0.4, 0.5) is 13.2 Å². The van der Waals surface area contributed by atoms with Crippen LogP contribution in [-0.4, -0.2) is 25.7 Å². The van der Waals surface area contributed by atoms with E-state index in [1.807, 2.05) is 0 Å². The molecule has 0 radical (unpaired) electrons. The molecule has 0 saturated heterocycles. The largest absolute Gasteiger partial charge is 0.400 e. The van der Waals surface area contributed by atoms with E-state index < -0.39 is 35.9 Å². The molecule has 7 nitrogen and oxygen atoms in total. The van der Waals surface area contributed by atoms with E-state index in [2.05, 4.69) is 31.2 Å². The second-order valence-corrected chi connectivity index (χ2v) is 9.49. The summed E-state index contributed by atoms with van der Waals surface area (Å²) in [5, 5.41) is 2.81. The molecule has 0 aliphatic rings. The van der Waals surface area contributed by atoms with E-state index in [0.717, 1.165) is 12.4 Å². The molecule has 0 aliphatic carbocycles. The molecule has 3 aromatic rings. The van der Waals surface area contributed by atoms with E-state index in [-0.39, 0.29) is 21.2 Å². The van der Waals surface area contributed by atoms with Gasteiger partial charge in [0.05, 0.1) is 18.4 Å². The summed E-state index contributed by atoms with van der Waals surface area (Å²) in [6.07, 6.45) is 1.92. The van der Waals surface area contributed by atoms with Gasteiger partial charge >= 0.3 is 13.3 Å². The van der Waals surface area contributed by atoms with E-state index in [9.17, 15) is 22.5 Å². The molecule has 154 valence electrons. The Hall–Kier alpha value is -1.85. The minimum absolute atomic E-state index is 0.121. The maximum Gasteiger partial charge on any atom is 0.400 e. The number of nitrogens with one attached hydrogen (secondary N) is 1. The van der Waals surface area contributed by atoms with E-state index in [1.165, 1.54) is 18.2 Å². The number of carbonyl (C=O) groups is 1. The highest BCUT2D eigenvalue weighted by atomic mass is 79.9. The lowest BCUT2D eigenvalue weighted by Gasteiger charge is -2.16. The van der Waals surface area contributed by atoms with Gasteiger partial charge < -0.3 is 15.1 Å². The summed E-state index contributed by atoms with van der Waals surface area (Å²) in [5.41, 5.74) is -4.25. The van der Waals surface area contributed by atoms with E-state index in [1.54, 1.807) is 6.92 Å². The number of carbonyl (C=O) groups excluding carboxylic acids is 1. The second kappa shape index (κ2) is 7.77. The number of rotatable bonds is 5. The normalized spacial score (nSPS) is 13.5. The maximum atomic E-state index is 14.1. The van der Waals surface area contributed by atoms with Crippen LogP contribution in [-0.2, 0) is 10.2 Å². The number of hydrogen-bond acceptors (Lipinski definition) is 5. The van der Waals surface area contributed by atoms with Crippen molar-refractivity contribution < 1.29 is 32.3 Å². The van der Waals surface area contributed by atoms with Gasteiger partial charge in [0.25, 0.3) is 5.91 Å². The molecule has 3 N–H and O–H groups in total. The molecule has 2 heterocycles. The molecule has 1 amide bonds. The molecule has 0 fully saturated rings. The van der Waals surface area contributed by atoms with Gasteiger partial charge in [0, 0.05) is 20.1 Å². The van der Waals surface area contributed by atoms with Crippen LogP contribution in [0.1, 0.15) is 34.0 Å². The second-order valence-electron chi connectivity index (χ2n) is 6.00. The average Bonchev–Trinajstić information content (AvgIpc) is 2.98. The molecule has 0 saturated carbocycles. The molecule has 13 heteroatoms. The summed E-state index contributed by atoms with van der Waals surface area (Å²) in [7, 11) is -5.73. The number of nitrogens with zero attached hydrogens (tertiary/aromatic N) is 2. The standard InChI is InChI=1S/C16H12BrF3N3O4PS/c1-7(14-21-5-9(18)6-22-14)23-15(24)8-2-3-11-10(4-8)12(17)13(29-11)16(19,20)28(25,26)27/h2-7H,1H3,(H,23,24)(H2,25,26,27)/t7-/m1/s1. The Morgan fingerprint density at radius 1 is 1.31 bits per heavy atom. The Kier molecular flexibility index (Phi) is 5.85. The van der Waals surface area contributed by atoms with Gasteiger partial charge in [-0.1, -0.05) is 0 Å². The van der Waals surface area contributed by atoms with Crippen molar-refractivity contribution in [1.29, 1.82) is 0 Å². The first-order valence-electron chi connectivity index (χ1n) is 7.86. The van der Waals surface area contributed by atoms with Gasteiger partial charge in [0.1, 0.15) is 10.7 Å². The number of fused-ring (bicyclic) bond motifs is 1. The lowest BCUT2D eigenvalue weighted by molar-refractivity contribution is 0.0595. The molecule has 1 atom stereocenters. The van der Waals surface area contributed by atoms with Crippen molar-refractivity contribution in [3.8, 4) is 0 Å². The first-order valence-corrected chi connectivity index (χ1v) is 11.1. The molecule has 29 heavy (non-hydrogen) atoms. The first-order chi connectivity index (χ1) is 13.4. The summed E-state index contributed by atoms with van der Waals surface area (Å²) in [5.74, 6) is -1.00. The highest BCUT2D eigenvalue weighted by molar-refractivity contribution is 9.10. The van der Waals surface area contributed by atoms with Crippen LogP contribution in [0.2, 0.25) is 0 Å².